The van der Waals surface area contributed by atoms with Crippen LogP contribution in [0.4, 0.5) is 39.0 Å². The van der Waals surface area contributed by atoms with E-state index in [1.165, 1.54) is 22.9 Å². The molecule has 1 nitrogen and oxygen atoms in total. The van der Waals surface area contributed by atoms with Crippen LogP contribution >= 0.6 is 11.3 Å². The lowest BCUT2D eigenvalue weighted by Crippen LogP contribution is -2.10. The maximum Gasteiger partial charge on any atom is 0.200 e. The first-order valence-electron chi connectivity index (χ1n) is 16.2. The van der Waals surface area contributed by atoms with Crippen molar-refractivity contribution in [1.29, 1.82) is 0 Å². The summed E-state index contributed by atoms with van der Waals surface area (Å²) in [6, 6.07) is 47.4. The number of benzene rings is 8. The highest BCUT2D eigenvalue weighted by molar-refractivity contribution is 7.26. The molecule has 246 valence electrons. The normalized spacial score (nSPS) is 11.6. The number of hydrogen-bond donors (Lipinski definition) is 0. The van der Waals surface area contributed by atoms with Crippen molar-refractivity contribution in [2.75, 3.05) is 4.90 Å². The van der Waals surface area contributed by atoms with Gasteiger partial charge in [0, 0.05) is 31.5 Å². The van der Waals surface area contributed by atoms with Gasteiger partial charge in [0.1, 0.15) is 0 Å². The molecular weight excluding hydrogens is 670 g/mol. The van der Waals surface area contributed by atoms with Crippen LogP contribution in [0.25, 0.3) is 64.0 Å². The van der Waals surface area contributed by atoms with E-state index in [2.05, 4.69) is 60.7 Å². The van der Waals surface area contributed by atoms with Gasteiger partial charge in [0.2, 0.25) is 5.82 Å². The van der Waals surface area contributed by atoms with Crippen molar-refractivity contribution in [2.45, 2.75) is 0 Å². The summed E-state index contributed by atoms with van der Waals surface area (Å²) < 4.78 is 73.9. The summed E-state index contributed by atoms with van der Waals surface area (Å²) in [5, 5.41) is 6.74. The largest absolute Gasteiger partial charge is 0.310 e. The van der Waals surface area contributed by atoms with Crippen molar-refractivity contribution in [3.8, 4) is 22.3 Å². The zero-order valence-electron chi connectivity index (χ0n) is 26.6. The van der Waals surface area contributed by atoms with Crippen LogP contribution in [-0.4, -0.2) is 0 Å². The molecule has 0 aliphatic carbocycles. The maximum absolute atomic E-state index is 14.8. The van der Waals surface area contributed by atoms with E-state index in [4.69, 9.17) is 0 Å². The molecule has 0 amide bonds. The van der Waals surface area contributed by atoms with Crippen molar-refractivity contribution in [1.82, 2.24) is 0 Å². The number of nitrogens with zero attached hydrogens (tertiary/aromatic N) is 1. The van der Waals surface area contributed by atoms with E-state index in [0.717, 1.165) is 53.4 Å². The van der Waals surface area contributed by atoms with Crippen molar-refractivity contribution in [3.05, 3.63) is 175 Å². The average molecular weight is 694 g/mol. The standard InChI is InChI=1S/C44H24F5NS/c45-40-38(41(46)43(48)44(49)42(40)47)26-18-22-29(23-19-26)50(35-13-7-15-37-39(35)33-12-5-6-14-36(33)51-37)28-20-16-25(17-21-28)34-24-27-8-1-2-9-30(27)31-10-3-4-11-32(31)34/h1-24H. The van der Waals surface area contributed by atoms with Crippen LogP contribution in [0.1, 0.15) is 0 Å². The number of halogens is 5. The first-order chi connectivity index (χ1) is 24.9. The smallest absolute Gasteiger partial charge is 0.200 e. The Bertz CT molecular complexity index is 2780. The number of anilines is 3. The predicted octanol–water partition coefficient (Wildman–Crippen LogP) is 13.9. The molecule has 9 rings (SSSR count). The van der Waals surface area contributed by atoms with E-state index in [9.17, 15) is 22.0 Å². The van der Waals surface area contributed by atoms with Crippen molar-refractivity contribution >= 4 is 70.1 Å². The quantitative estimate of drug-likeness (QED) is 0.0751. The Kier molecular flexibility index (Phi) is 7.33. The monoisotopic (exact) mass is 693 g/mol. The zero-order chi connectivity index (χ0) is 34.8. The van der Waals surface area contributed by atoms with Crippen molar-refractivity contribution in [3.63, 3.8) is 0 Å². The van der Waals surface area contributed by atoms with Gasteiger partial charge in [-0.2, -0.15) is 0 Å². The molecule has 0 aliphatic rings. The molecule has 7 heteroatoms. The van der Waals surface area contributed by atoms with Crippen molar-refractivity contribution < 1.29 is 22.0 Å². The first kappa shape index (κ1) is 31.0. The van der Waals surface area contributed by atoms with E-state index < -0.39 is 34.6 Å². The fourth-order valence-corrected chi connectivity index (χ4v) is 8.21. The molecule has 1 aromatic heterocycles. The molecule has 0 N–H and O–H groups in total. The number of thiophene rings is 1. The lowest BCUT2D eigenvalue weighted by Gasteiger charge is -2.27. The molecule has 0 atom stereocenters. The Hall–Kier alpha value is -6.05. The molecule has 1 heterocycles. The average Bonchev–Trinajstić information content (AvgIpc) is 3.57. The van der Waals surface area contributed by atoms with Gasteiger partial charge in [-0.05, 0) is 86.8 Å². The molecule has 8 aromatic carbocycles. The van der Waals surface area contributed by atoms with Gasteiger partial charge in [0.05, 0.1) is 11.3 Å². The Balaban J connectivity index is 1.22. The van der Waals surface area contributed by atoms with Crippen LogP contribution in [0.5, 0.6) is 0 Å². The Morgan fingerprint density at radius 1 is 0.412 bits per heavy atom. The van der Waals surface area contributed by atoms with E-state index in [1.54, 1.807) is 23.5 Å². The molecule has 0 unspecified atom stereocenters. The van der Waals surface area contributed by atoms with Crippen LogP contribution in [0, 0.1) is 29.1 Å². The molecule has 0 bridgehead atoms. The molecule has 0 aliphatic heterocycles. The van der Waals surface area contributed by atoms with E-state index in [0.29, 0.717) is 5.69 Å². The summed E-state index contributed by atoms with van der Waals surface area (Å²) in [6.45, 7) is 0. The van der Waals surface area contributed by atoms with Crippen LogP contribution < -0.4 is 4.90 Å². The molecule has 51 heavy (non-hydrogen) atoms. The van der Waals surface area contributed by atoms with Gasteiger partial charge in [0.15, 0.2) is 23.3 Å². The minimum absolute atomic E-state index is 0.135. The molecule has 9 aromatic rings. The van der Waals surface area contributed by atoms with Gasteiger partial charge in [-0.25, -0.2) is 22.0 Å². The molecule has 0 saturated heterocycles. The van der Waals surface area contributed by atoms with Crippen LogP contribution in [-0.2, 0) is 0 Å². The Morgan fingerprint density at radius 3 is 1.63 bits per heavy atom. The molecule has 0 radical (unpaired) electrons. The van der Waals surface area contributed by atoms with Crippen LogP contribution in [0.15, 0.2) is 146 Å². The number of hydrogen-bond acceptors (Lipinski definition) is 2. The van der Waals surface area contributed by atoms with Gasteiger partial charge in [-0.3, -0.25) is 0 Å². The minimum atomic E-state index is -2.19. The highest BCUT2D eigenvalue weighted by atomic mass is 32.1. The fraction of sp³-hybridized carbons (Fsp3) is 0. The number of fused-ring (bicyclic) bond motifs is 6. The predicted molar refractivity (Wildman–Crippen MR) is 200 cm³/mol. The third-order valence-corrected chi connectivity index (χ3v) is 10.6. The summed E-state index contributed by atoms with van der Waals surface area (Å²) >= 11 is 1.68. The minimum Gasteiger partial charge on any atom is -0.310 e. The zero-order valence-corrected chi connectivity index (χ0v) is 27.4. The Labute approximate surface area is 293 Å². The topological polar surface area (TPSA) is 3.24 Å². The molecular formula is C44H24F5NS. The highest BCUT2D eigenvalue weighted by Gasteiger charge is 2.27. The summed E-state index contributed by atoms with van der Waals surface area (Å²) in [5.41, 5.74) is 3.34. The van der Waals surface area contributed by atoms with Gasteiger partial charge < -0.3 is 4.90 Å². The summed E-state index contributed by atoms with van der Waals surface area (Å²) in [4.78, 5) is 2.05. The number of rotatable bonds is 5. The van der Waals surface area contributed by atoms with Crippen LogP contribution in [0.2, 0.25) is 0 Å². The van der Waals surface area contributed by atoms with Crippen molar-refractivity contribution in [2.24, 2.45) is 0 Å². The van der Waals surface area contributed by atoms with Gasteiger partial charge in [-0.1, -0.05) is 97.1 Å². The third-order valence-electron chi connectivity index (χ3n) is 9.45. The second kappa shape index (κ2) is 12.1. The third kappa shape index (κ3) is 4.95. The molecule has 0 saturated carbocycles. The first-order valence-corrected chi connectivity index (χ1v) is 17.0. The second-order valence-corrected chi connectivity index (χ2v) is 13.4. The highest BCUT2D eigenvalue weighted by Crippen LogP contribution is 2.46. The molecule has 0 spiro atoms. The van der Waals surface area contributed by atoms with E-state index in [1.807, 2.05) is 65.6 Å². The van der Waals surface area contributed by atoms with Gasteiger partial charge >= 0.3 is 0 Å². The summed E-state index contributed by atoms with van der Waals surface area (Å²) in [7, 11) is 0. The fourth-order valence-electron chi connectivity index (χ4n) is 7.09. The van der Waals surface area contributed by atoms with Gasteiger partial charge in [-0.15, -0.1) is 11.3 Å². The SMILES string of the molecule is Fc1c(F)c(F)c(-c2ccc(N(c3ccc(-c4cc5ccccc5c5ccccc45)cc3)c3cccc4sc5ccccc5c34)cc2)c(F)c1F. The summed E-state index contributed by atoms with van der Waals surface area (Å²) in [5.74, 6) is -9.90. The second-order valence-electron chi connectivity index (χ2n) is 12.3. The molecule has 0 fully saturated rings. The maximum atomic E-state index is 14.8. The lowest BCUT2D eigenvalue weighted by molar-refractivity contribution is 0.381. The van der Waals surface area contributed by atoms with Crippen LogP contribution in [0.3, 0.4) is 0 Å². The van der Waals surface area contributed by atoms with E-state index in [-0.39, 0.29) is 5.56 Å². The van der Waals surface area contributed by atoms with E-state index >= 15 is 0 Å². The van der Waals surface area contributed by atoms with Gasteiger partial charge in [0.25, 0.3) is 0 Å². The Morgan fingerprint density at radius 2 is 0.941 bits per heavy atom. The summed E-state index contributed by atoms with van der Waals surface area (Å²) in [6.07, 6.45) is 0. The lowest BCUT2D eigenvalue weighted by atomic mass is 9.93.